The Balaban J connectivity index is 1.62. The molecule has 0 bridgehead atoms. The SMILES string of the molecule is Cc1cc(C)c(CSc2nnc(CN3CCCC3=O)o2)c(C)c1. The van der Waals surface area contributed by atoms with Crippen molar-refractivity contribution in [1.29, 1.82) is 0 Å². The summed E-state index contributed by atoms with van der Waals surface area (Å²) in [6.45, 7) is 7.59. The molecule has 1 aliphatic rings. The zero-order valence-electron chi connectivity index (χ0n) is 13.8. The van der Waals surface area contributed by atoms with E-state index < -0.39 is 0 Å². The molecular weight excluding hydrogens is 310 g/mol. The lowest BCUT2D eigenvalue weighted by Gasteiger charge is -2.11. The van der Waals surface area contributed by atoms with Crippen molar-refractivity contribution in [2.45, 2.75) is 51.1 Å². The second kappa shape index (κ2) is 6.74. The Labute approximate surface area is 140 Å². The van der Waals surface area contributed by atoms with Crippen LogP contribution in [0.4, 0.5) is 0 Å². The van der Waals surface area contributed by atoms with E-state index >= 15 is 0 Å². The van der Waals surface area contributed by atoms with Crippen LogP contribution < -0.4 is 0 Å². The second-order valence-electron chi connectivity index (χ2n) is 6.05. The van der Waals surface area contributed by atoms with Gasteiger partial charge in [-0.25, -0.2) is 0 Å². The number of aryl methyl sites for hydroxylation is 3. The van der Waals surface area contributed by atoms with Gasteiger partial charge in [-0.2, -0.15) is 0 Å². The smallest absolute Gasteiger partial charge is 0.276 e. The number of carbonyl (C=O) groups excluding carboxylic acids is 1. The lowest BCUT2D eigenvalue weighted by molar-refractivity contribution is -0.128. The molecule has 0 saturated carbocycles. The first kappa shape index (κ1) is 16.1. The summed E-state index contributed by atoms with van der Waals surface area (Å²) in [6, 6.07) is 4.39. The molecule has 1 aromatic heterocycles. The molecule has 2 aromatic rings. The number of thioether (sulfide) groups is 1. The van der Waals surface area contributed by atoms with Crippen molar-refractivity contribution in [3.05, 3.63) is 40.3 Å². The summed E-state index contributed by atoms with van der Waals surface area (Å²) in [6.07, 6.45) is 1.54. The summed E-state index contributed by atoms with van der Waals surface area (Å²) in [5.41, 5.74) is 5.17. The van der Waals surface area contributed by atoms with Gasteiger partial charge in [0.15, 0.2) is 0 Å². The molecule has 122 valence electrons. The number of nitrogens with zero attached hydrogens (tertiary/aromatic N) is 3. The molecular formula is C17H21N3O2S. The van der Waals surface area contributed by atoms with Crippen molar-refractivity contribution in [3.63, 3.8) is 0 Å². The van der Waals surface area contributed by atoms with Gasteiger partial charge in [0.05, 0.1) is 6.54 Å². The van der Waals surface area contributed by atoms with Crippen molar-refractivity contribution in [3.8, 4) is 0 Å². The highest BCUT2D eigenvalue weighted by atomic mass is 32.2. The molecule has 0 aliphatic carbocycles. The Bertz CT molecular complexity index is 703. The molecule has 0 spiro atoms. The van der Waals surface area contributed by atoms with E-state index in [1.807, 2.05) is 0 Å². The number of carbonyl (C=O) groups is 1. The Kier molecular flexibility index (Phi) is 4.71. The normalized spacial score (nSPS) is 14.7. The van der Waals surface area contributed by atoms with E-state index in [9.17, 15) is 4.79 Å². The Morgan fingerprint density at radius 3 is 2.61 bits per heavy atom. The lowest BCUT2D eigenvalue weighted by atomic mass is 10.0. The first-order valence-corrected chi connectivity index (χ1v) is 8.81. The maximum Gasteiger partial charge on any atom is 0.276 e. The lowest BCUT2D eigenvalue weighted by Crippen LogP contribution is -2.23. The Morgan fingerprint density at radius 1 is 1.22 bits per heavy atom. The van der Waals surface area contributed by atoms with E-state index in [-0.39, 0.29) is 5.91 Å². The molecule has 6 heteroatoms. The first-order chi connectivity index (χ1) is 11.0. The molecule has 0 N–H and O–H groups in total. The van der Waals surface area contributed by atoms with Gasteiger partial charge in [-0.1, -0.05) is 29.5 Å². The molecule has 1 amide bonds. The average molecular weight is 331 g/mol. The van der Waals surface area contributed by atoms with Crippen LogP contribution in [0.5, 0.6) is 0 Å². The van der Waals surface area contributed by atoms with Crippen LogP contribution in [0.15, 0.2) is 21.8 Å². The fourth-order valence-corrected chi connectivity index (χ4v) is 3.94. The third kappa shape index (κ3) is 3.75. The number of aromatic nitrogens is 2. The van der Waals surface area contributed by atoms with E-state index in [1.165, 1.54) is 22.3 Å². The average Bonchev–Trinajstić information content (AvgIpc) is 3.08. The van der Waals surface area contributed by atoms with Crippen molar-refractivity contribution >= 4 is 17.7 Å². The van der Waals surface area contributed by atoms with Crippen LogP contribution in [0.25, 0.3) is 0 Å². The van der Waals surface area contributed by atoms with Crippen LogP contribution >= 0.6 is 11.8 Å². The Hall–Kier alpha value is -1.82. The highest BCUT2D eigenvalue weighted by Gasteiger charge is 2.22. The van der Waals surface area contributed by atoms with Crippen LogP contribution in [-0.4, -0.2) is 27.5 Å². The number of benzene rings is 1. The standard InChI is InChI=1S/C17H21N3O2S/c1-11-7-12(2)14(13(3)8-11)10-23-17-19-18-15(22-17)9-20-6-4-5-16(20)21/h7-8H,4-6,9-10H2,1-3H3. The fourth-order valence-electron chi connectivity index (χ4n) is 2.97. The molecule has 5 nitrogen and oxygen atoms in total. The van der Waals surface area contributed by atoms with Gasteiger partial charge in [-0.3, -0.25) is 4.79 Å². The maximum absolute atomic E-state index is 11.6. The van der Waals surface area contributed by atoms with E-state index in [0.29, 0.717) is 24.1 Å². The molecule has 1 saturated heterocycles. The van der Waals surface area contributed by atoms with Crippen molar-refractivity contribution in [1.82, 2.24) is 15.1 Å². The van der Waals surface area contributed by atoms with Crippen LogP contribution in [0.1, 0.15) is 41.0 Å². The third-order valence-corrected chi connectivity index (χ3v) is 4.97. The summed E-state index contributed by atoms with van der Waals surface area (Å²) < 4.78 is 5.67. The predicted molar refractivity (Wildman–Crippen MR) is 89.2 cm³/mol. The summed E-state index contributed by atoms with van der Waals surface area (Å²) in [4.78, 5) is 13.4. The summed E-state index contributed by atoms with van der Waals surface area (Å²) in [7, 11) is 0. The van der Waals surface area contributed by atoms with Crippen molar-refractivity contribution in [2.75, 3.05) is 6.54 Å². The molecule has 0 radical (unpaired) electrons. The predicted octanol–water partition coefficient (Wildman–Crippen LogP) is 3.41. The minimum absolute atomic E-state index is 0.170. The molecule has 0 atom stereocenters. The molecule has 3 rings (SSSR count). The topological polar surface area (TPSA) is 59.2 Å². The van der Waals surface area contributed by atoms with Gasteiger partial charge in [-0.05, 0) is 43.9 Å². The van der Waals surface area contributed by atoms with Gasteiger partial charge >= 0.3 is 0 Å². The highest BCUT2D eigenvalue weighted by molar-refractivity contribution is 7.98. The van der Waals surface area contributed by atoms with Crippen LogP contribution in [-0.2, 0) is 17.1 Å². The number of hydrogen-bond donors (Lipinski definition) is 0. The summed E-state index contributed by atoms with van der Waals surface area (Å²) in [5, 5.41) is 8.70. The van der Waals surface area contributed by atoms with Gasteiger partial charge in [0, 0.05) is 18.7 Å². The minimum Gasteiger partial charge on any atom is -0.414 e. The molecule has 2 heterocycles. The van der Waals surface area contributed by atoms with Crippen molar-refractivity contribution in [2.24, 2.45) is 0 Å². The monoisotopic (exact) mass is 331 g/mol. The fraction of sp³-hybridized carbons (Fsp3) is 0.471. The number of amides is 1. The number of rotatable bonds is 5. The molecule has 23 heavy (non-hydrogen) atoms. The van der Waals surface area contributed by atoms with Gasteiger partial charge in [-0.15, -0.1) is 10.2 Å². The van der Waals surface area contributed by atoms with E-state index in [1.54, 1.807) is 16.7 Å². The number of hydrogen-bond acceptors (Lipinski definition) is 5. The zero-order valence-corrected chi connectivity index (χ0v) is 14.6. The van der Waals surface area contributed by atoms with E-state index in [4.69, 9.17) is 4.42 Å². The van der Waals surface area contributed by atoms with Crippen LogP contribution in [0.3, 0.4) is 0 Å². The third-order valence-electron chi connectivity index (χ3n) is 4.13. The van der Waals surface area contributed by atoms with Crippen molar-refractivity contribution < 1.29 is 9.21 Å². The first-order valence-electron chi connectivity index (χ1n) is 7.82. The van der Waals surface area contributed by atoms with Crippen LogP contribution in [0, 0.1) is 20.8 Å². The van der Waals surface area contributed by atoms with Gasteiger partial charge < -0.3 is 9.32 Å². The maximum atomic E-state index is 11.6. The molecule has 0 unspecified atom stereocenters. The van der Waals surface area contributed by atoms with Gasteiger partial charge in [0.1, 0.15) is 0 Å². The zero-order chi connectivity index (χ0) is 16.4. The van der Waals surface area contributed by atoms with Gasteiger partial charge in [0.25, 0.3) is 5.22 Å². The highest BCUT2D eigenvalue weighted by Crippen LogP contribution is 2.26. The molecule has 1 fully saturated rings. The van der Waals surface area contributed by atoms with E-state index in [2.05, 4.69) is 43.1 Å². The van der Waals surface area contributed by atoms with E-state index in [0.717, 1.165) is 18.7 Å². The quantitative estimate of drug-likeness (QED) is 0.786. The second-order valence-corrected chi connectivity index (χ2v) is 6.97. The number of likely N-dealkylation sites (tertiary alicyclic amines) is 1. The Morgan fingerprint density at radius 2 is 1.96 bits per heavy atom. The minimum atomic E-state index is 0.170. The van der Waals surface area contributed by atoms with Gasteiger partial charge in [0.2, 0.25) is 11.8 Å². The summed E-state index contributed by atoms with van der Waals surface area (Å²) in [5.74, 6) is 1.49. The van der Waals surface area contributed by atoms with Crippen LogP contribution in [0.2, 0.25) is 0 Å². The molecule has 1 aromatic carbocycles. The largest absolute Gasteiger partial charge is 0.414 e. The summed E-state index contributed by atoms with van der Waals surface area (Å²) >= 11 is 1.54. The molecule has 1 aliphatic heterocycles.